The first-order chi connectivity index (χ1) is 8.40. The Balaban J connectivity index is 2.45. The van der Waals surface area contributed by atoms with Crippen LogP contribution in [0.4, 0.5) is 0 Å². The molecule has 2 heterocycles. The van der Waals surface area contributed by atoms with E-state index in [4.69, 9.17) is 0 Å². The summed E-state index contributed by atoms with van der Waals surface area (Å²) in [6.45, 7) is 0.964. The quantitative estimate of drug-likeness (QED) is 0.402. The van der Waals surface area contributed by atoms with E-state index in [-0.39, 0.29) is 0 Å². The lowest BCUT2D eigenvalue weighted by molar-refractivity contribution is -0.665. The van der Waals surface area contributed by atoms with E-state index in [1.165, 1.54) is 16.3 Å². The van der Waals surface area contributed by atoms with Crippen LogP contribution < -0.4 is 4.57 Å². The molecule has 84 valence electrons. The van der Waals surface area contributed by atoms with Gasteiger partial charge >= 0.3 is 0 Å². The molecule has 0 fully saturated rings. The number of hydrogen-bond acceptors (Lipinski definition) is 1. The van der Waals surface area contributed by atoms with Crippen LogP contribution in [-0.2, 0) is 6.54 Å². The van der Waals surface area contributed by atoms with Crippen molar-refractivity contribution in [1.82, 2.24) is 4.98 Å². The number of pyridine rings is 2. The number of benzene rings is 1. The standard InChI is InChI=1S/C14H12BrN2/c15-7-10-17-9-2-3-11-5-6-13-12(14(11)17)4-1-8-16-13/h1-6,8-9H,7,10H2/q+1. The van der Waals surface area contributed by atoms with Crippen LogP contribution in [0.3, 0.4) is 0 Å². The molecule has 3 aromatic rings. The predicted octanol–water partition coefficient (Wildman–Crippen LogP) is 3.07. The smallest absolute Gasteiger partial charge is 0.222 e. The molecule has 2 nitrogen and oxygen atoms in total. The van der Waals surface area contributed by atoms with Gasteiger partial charge < -0.3 is 0 Å². The van der Waals surface area contributed by atoms with Crippen LogP contribution in [0, 0.1) is 0 Å². The monoisotopic (exact) mass is 287 g/mol. The van der Waals surface area contributed by atoms with Crippen LogP contribution in [0.25, 0.3) is 21.8 Å². The molecule has 17 heavy (non-hydrogen) atoms. The normalized spacial score (nSPS) is 11.1. The third-order valence-electron chi connectivity index (χ3n) is 2.94. The molecule has 2 aromatic heterocycles. The van der Waals surface area contributed by atoms with Gasteiger partial charge in [0.1, 0.15) is 0 Å². The van der Waals surface area contributed by atoms with Gasteiger partial charge in [-0.05, 0) is 30.3 Å². The number of hydrogen-bond donors (Lipinski definition) is 0. The molecule has 0 N–H and O–H groups in total. The molecular weight excluding hydrogens is 276 g/mol. The average molecular weight is 288 g/mol. The van der Waals surface area contributed by atoms with E-state index in [0.717, 1.165) is 17.4 Å². The van der Waals surface area contributed by atoms with Crippen molar-refractivity contribution in [2.75, 3.05) is 5.33 Å². The molecule has 0 aliphatic heterocycles. The molecule has 3 heteroatoms. The molecule has 0 atom stereocenters. The Labute approximate surface area is 108 Å². The minimum absolute atomic E-state index is 0.952. The summed E-state index contributed by atoms with van der Waals surface area (Å²) in [6.07, 6.45) is 3.96. The Hall–Kier alpha value is -1.48. The second kappa shape index (κ2) is 4.41. The second-order valence-electron chi connectivity index (χ2n) is 3.96. The predicted molar refractivity (Wildman–Crippen MR) is 73.2 cm³/mol. The van der Waals surface area contributed by atoms with Gasteiger partial charge in [-0.1, -0.05) is 15.9 Å². The highest BCUT2D eigenvalue weighted by Gasteiger charge is 2.11. The number of nitrogens with zero attached hydrogens (tertiary/aromatic N) is 2. The lowest BCUT2D eigenvalue weighted by atomic mass is 10.1. The number of aromatic nitrogens is 2. The zero-order valence-corrected chi connectivity index (χ0v) is 10.9. The first-order valence-electron chi connectivity index (χ1n) is 5.62. The highest BCUT2D eigenvalue weighted by atomic mass is 79.9. The van der Waals surface area contributed by atoms with Crippen molar-refractivity contribution in [3.63, 3.8) is 0 Å². The van der Waals surface area contributed by atoms with E-state index in [1.807, 2.05) is 12.3 Å². The van der Waals surface area contributed by atoms with Gasteiger partial charge in [0, 0.05) is 17.6 Å². The largest absolute Gasteiger partial charge is 0.256 e. The van der Waals surface area contributed by atoms with Crippen molar-refractivity contribution in [3.05, 3.63) is 48.8 Å². The molecule has 0 aliphatic carbocycles. The van der Waals surface area contributed by atoms with Gasteiger partial charge in [-0.3, -0.25) is 4.98 Å². The SMILES string of the molecule is BrCC[n+]1cccc2ccc3ncccc3c21. The van der Waals surface area contributed by atoms with Crippen molar-refractivity contribution >= 4 is 37.7 Å². The molecule has 0 bridgehead atoms. The summed E-state index contributed by atoms with van der Waals surface area (Å²) in [5.74, 6) is 0. The number of aryl methyl sites for hydroxylation is 1. The van der Waals surface area contributed by atoms with Gasteiger partial charge in [-0.2, -0.15) is 4.57 Å². The molecule has 0 unspecified atom stereocenters. The highest BCUT2D eigenvalue weighted by Crippen LogP contribution is 2.20. The van der Waals surface area contributed by atoms with Crippen LogP contribution >= 0.6 is 15.9 Å². The summed E-state index contributed by atoms with van der Waals surface area (Å²) in [6, 6.07) is 12.6. The van der Waals surface area contributed by atoms with Crippen molar-refractivity contribution in [3.8, 4) is 0 Å². The summed E-state index contributed by atoms with van der Waals surface area (Å²) < 4.78 is 2.27. The second-order valence-corrected chi connectivity index (χ2v) is 4.76. The van der Waals surface area contributed by atoms with Crippen LogP contribution in [-0.4, -0.2) is 10.3 Å². The summed E-state index contributed by atoms with van der Waals surface area (Å²) in [4.78, 5) is 4.41. The molecule has 0 saturated carbocycles. The number of alkyl halides is 1. The summed E-state index contributed by atoms with van der Waals surface area (Å²) >= 11 is 3.50. The first-order valence-corrected chi connectivity index (χ1v) is 6.74. The van der Waals surface area contributed by atoms with Crippen molar-refractivity contribution in [2.45, 2.75) is 6.54 Å². The lowest BCUT2D eigenvalue weighted by Gasteiger charge is -2.03. The summed E-state index contributed by atoms with van der Waals surface area (Å²) in [5.41, 5.74) is 2.31. The van der Waals surface area contributed by atoms with E-state index in [0.29, 0.717) is 0 Å². The Kier molecular flexibility index (Phi) is 2.77. The van der Waals surface area contributed by atoms with Crippen LogP contribution in [0.1, 0.15) is 0 Å². The van der Waals surface area contributed by atoms with Crippen molar-refractivity contribution < 1.29 is 4.57 Å². The fraction of sp³-hybridized carbons (Fsp3) is 0.143. The van der Waals surface area contributed by atoms with E-state index < -0.39 is 0 Å². The zero-order chi connectivity index (χ0) is 11.7. The van der Waals surface area contributed by atoms with E-state index in [2.05, 4.69) is 62.0 Å². The Bertz CT molecular complexity index is 679. The van der Waals surface area contributed by atoms with Gasteiger partial charge in [0.15, 0.2) is 12.7 Å². The topological polar surface area (TPSA) is 16.8 Å². The first kappa shape index (κ1) is 10.7. The highest BCUT2D eigenvalue weighted by molar-refractivity contribution is 9.09. The molecule has 0 amide bonds. The fourth-order valence-electron chi connectivity index (χ4n) is 2.21. The minimum Gasteiger partial charge on any atom is -0.256 e. The molecule has 0 radical (unpaired) electrons. The Morgan fingerprint density at radius 1 is 1.12 bits per heavy atom. The average Bonchev–Trinajstić information content (AvgIpc) is 2.39. The van der Waals surface area contributed by atoms with Gasteiger partial charge in [0.25, 0.3) is 0 Å². The summed E-state index contributed by atoms with van der Waals surface area (Å²) in [5, 5.41) is 3.42. The zero-order valence-electron chi connectivity index (χ0n) is 9.31. The molecule has 1 aromatic carbocycles. The van der Waals surface area contributed by atoms with Crippen LogP contribution in [0.2, 0.25) is 0 Å². The lowest BCUT2D eigenvalue weighted by Crippen LogP contribution is -2.34. The van der Waals surface area contributed by atoms with Crippen molar-refractivity contribution in [1.29, 1.82) is 0 Å². The number of rotatable bonds is 2. The minimum atomic E-state index is 0.952. The van der Waals surface area contributed by atoms with Gasteiger partial charge in [-0.15, -0.1) is 0 Å². The van der Waals surface area contributed by atoms with E-state index in [1.54, 1.807) is 0 Å². The fourth-order valence-corrected chi connectivity index (χ4v) is 2.59. The molecule has 0 spiro atoms. The molecular formula is C14H12BrN2+. The van der Waals surface area contributed by atoms with Crippen LogP contribution in [0.15, 0.2) is 48.8 Å². The number of halogens is 1. The molecule has 0 saturated heterocycles. The van der Waals surface area contributed by atoms with E-state index in [9.17, 15) is 0 Å². The third kappa shape index (κ3) is 1.80. The van der Waals surface area contributed by atoms with Gasteiger partial charge in [0.2, 0.25) is 5.52 Å². The van der Waals surface area contributed by atoms with Gasteiger partial charge in [-0.25, -0.2) is 0 Å². The summed E-state index contributed by atoms with van der Waals surface area (Å²) in [7, 11) is 0. The maximum Gasteiger partial charge on any atom is 0.222 e. The van der Waals surface area contributed by atoms with Crippen molar-refractivity contribution in [2.24, 2.45) is 0 Å². The molecule has 0 aliphatic rings. The van der Waals surface area contributed by atoms with E-state index >= 15 is 0 Å². The van der Waals surface area contributed by atoms with Crippen LogP contribution in [0.5, 0.6) is 0 Å². The molecule has 3 rings (SSSR count). The maximum absolute atomic E-state index is 4.41. The third-order valence-corrected chi connectivity index (χ3v) is 3.30. The number of fused-ring (bicyclic) bond motifs is 3. The van der Waals surface area contributed by atoms with Gasteiger partial charge in [0.05, 0.1) is 16.2 Å². The Morgan fingerprint density at radius 3 is 2.94 bits per heavy atom. The Morgan fingerprint density at radius 2 is 2.06 bits per heavy atom. The maximum atomic E-state index is 4.41.